The number of halogens is 2. The molecule has 0 aromatic heterocycles. The third kappa shape index (κ3) is 8.61. The molecule has 0 saturated heterocycles. The summed E-state index contributed by atoms with van der Waals surface area (Å²) in [6.07, 6.45) is 4.08. The smallest absolute Gasteiger partial charge is 0.331 e. The number of hydrogen-bond donors (Lipinski definition) is 0. The summed E-state index contributed by atoms with van der Waals surface area (Å²) in [5, 5.41) is 0. The van der Waals surface area contributed by atoms with Crippen molar-refractivity contribution in [3.05, 3.63) is 37.0 Å². The van der Waals surface area contributed by atoms with Gasteiger partial charge < -0.3 is 9.47 Å². The highest BCUT2D eigenvalue weighted by Gasteiger charge is 1.98. The van der Waals surface area contributed by atoms with Crippen molar-refractivity contribution in [2.75, 3.05) is 13.2 Å². The average molecular weight is 232 g/mol. The van der Waals surface area contributed by atoms with Crippen LogP contribution in [0.2, 0.25) is 0 Å². The Morgan fingerprint density at radius 3 is 1.56 bits per heavy atom. The molecule has 0 unspecified atom stereocenters. The van der Waals surface area contributed by atoms with Crippen molar-refractivity contribution < 1.29 is 27.8 Å². The molecule has 0 aromatic rings. The zero-order valence-electron chi connectivity index (χ0n) is 8.27. The van der Waals surface area contributed by atoms with Gasteiger partial charge in [-0.3, -0.25) is 0 Å². The topological polar surface area (TPSA) is 52.6 Å². The van der Waals surface area contributed by atoms with Gasteiger partial charge in [-0.1, -0.05) is 0 Å². The summed E-state index contributed by atoms with van der Waals surface area (Å²) in [4.78, 5) is 21.6. The number of hydrogen-bond acceptors (Lipinski definition) is 4. The molecule has 0 bridgehead atoms. The zero-order valence-corrected chi connectivity index (χ0v) is 8.27. The molecule has 0 N–H and O–H groups in total. The molecule has 0 saturated carbocycles. The number of carbonyl (C=O) groups is 2. The lowest BCUT2D eigenvalue weighted by atomic mass is 10.5. The fraction of sp³-hybridized carbons (Fsp3) is 0.200. The standard InChI is InChI=1S/C10H10F2O4/c11-5-1-7-15-9(13)3-4-10(14)16-8-2-6-12/h1-6H,7-8H2. The lowest BCUT2D eigenvalue weighted by molar-refractivity contribution is -0.139. The first-order valence-corrected chi connectivity index (χ1v) is 4.22. The second kappa shape index (κ2) is 9.57. The molecule has 0 aromatic carbocycles. The summed E-state index contributed by atoms with van der Waals surface area (Å²) in [5.41, 5.74) is 0. The van der Waals surface area contributed by atoms with Gasteiger partial charge in [-0.15, -0.1) is 0 Å². The van der Waals surface area contributed by atoms with Gasteiger partial charge in [-0.2, -0.15) is 0 Å². The quantitative estimate of drug-likeness (QED) is 0.515. The highest BCUT2D eigenvalue weighted by atomic mass is 19.1. The third-order valence-electron chi connectivity index (χ3n) is 1.18. The van der Waals surface area contributed by atoms with E-state index in [2.05, 4.69) is 9.47 Å². The molecule has 0 rings (SSSR count). The Morgan fingerprint density at radius 2 is 1.25 bits per heavy atom. The normalized spacial score (nSPS) is 11.4. The zero-order chi connectivity index (χ0) is 12.2. The van der Waals surface area contributed by atoms with Crippen LogP contribution in [0.4, 0.5) is 8.78 Å². The molecule has 0 spiro atoms. The molecule has 4 nitrogen and oxygen atoms in total. The molecule has 0 aliphatic rings. The Labute approximate surface area is 90.8 Å². The minimum atomic E-state index is -0.809. The molecule has 0 fully saturated rings. The van der Waals surface area contributed by atoms with Crippen LogP contribution in [0.1, 0.15) is 0 Å². The van der Waals surface area contributed by atoms with Gasteiger partial charge in [-0.05, 0) is 12.2 Å². The molecule has 0 heterocycles. The van der Waals surface area contributed by atoms with Gasteiger partial charge in [0.05, 0.1) is 12.7 Å². The third-order valence-corrected chi connectivity index (χ3v) is 1.18. The average Bonchev–Trinajstić information content (AvgIpc) is 2.27. The van der Waals surface area contributed by atoms with E-state index in [-0.39, 0.29) is 25.9 Å². The lowest BCUT2D eigenvalue weighted by Gasteiger charge is -1.96. The van der Waals surface area contributed by atoms with Crippen molar-refractivity contribution in [3.8, 4) is 0 Å². The van der Waals surface area contributed by atoms with Crippen LogP contribution >= 0.6 is 0 Å². The van der Waals surface area contributed by atoms with E-state index in [0.717, 1.165) is 24.3 Å². The first-order valence-electron chi connectivity index (χ1n) is 4.22. The second-order valence-corrected chi connectivity index (χ2v) is 2.32. The number of esters is 2. The van der Waals surface area contributed by atoms with Gasteiger partial charge in [0.15, 0.2) is 0 Å². The maximum absolute atomic E-state index is 11.4. The number of rotatable bonds is 6. The van der Waals surface area contributed by atoms with E-state index in [4.69, 9.17) is 0 Å². The van der Waals surface area contributed by atoms with Gasteiger partial charge in [0.1, 0.15) is 13.2 Å². The van der Waals surface area contributed by atoms with Crippen molar-refractivity contribution >= 4 is 11.9 Å². The maximum Gasteiger partial charge on any atom is 0.331 e. The molecule has 0 atom stereocenters. The minimum Gasteiger partial charge on any atom is -0.458 e. The summed E-state index contributed by atoms with van der Waals surface area (Å²) < 4.78 is 31.7. The van der Waals surface area contributed by atoms with E-state index in [1.807, 2.05) is 0 Å². The van der Waals surface area contributed by atoms with E-state index in [1.54, 1.807) is 0 Å². The highest BCUT2D eigenvalue weighted by Crippen LogP contribution is 1.87. The molecular formula is C10H10F2O4. The summed E-state index contributed by atoms with van der Waals surface area (Å²) in [5.74, 6) is -1.62. The Balaban J connectivity index is 3.79. The van der Waals surface area contributed by atoms with Crippen LogP contribution in [-0.2, 0) is 19.1 Å². The van der Waals surface area contributed by atoms with Crippen molar-refractivity contribution in [3.63, 3.8) is 0 Å². The first kappa shape index (κ1) is 14.0. The van der Waals surface area contributed by atoms with Crippen LogP contribution in [-0.4, -0.2) is 25.2 Å². The second-order valence-electron chi connectivity index (χ2n) is 2.32. The van der Waals surface area contributed by atoms with Crippen LogP contribution in [0.3, 0.4) is 0 Å². The fourth-order valence-electron chi connectivity index (χ4n) is 0.566. The lowest BCUT2D eigenvalue weighted by Crippen LogP contribution is -2.04. The number of carbonyl (C=O) groups excluding carboxylic acids is 2. The van der Waals surface area contributed by atoms with Crippen LogP contribution in [0.25, 0.3) is 0 Å². The van der Waals surface area contributed by atoms with Gasteiger partial charge in [0.25, 0.3) is 0 Å². The summed E-state index contributed by atoms with van der Waals surface area (Å²) >= 11 is 0. The van der Waals surface area contributed by atoms with Gasteiger partial charge >= 0.3 is 11.9 Å². The molecule has 0 amide bonds. The SMILES string of the molecule is O=C(C=CC(=O)OCC=CF)OCC=CF. The Kier molecular flexibility index (Phi) is 8.39. The summed E-state index contributed by atoms with van der Waals surface area (Å²) in [6.45, 7) is -0.446. The monoisotopic (exact) mass is 232 g/mol. The molecule has 0 aliphatic heterocycles. The predicted octanol–water partition coefficient (Wildman–Crippen LogP) is 1.60. The molecule has 16 heavy (non-hydrogen) atoms. The Morgan fingerprint density at radius 1 is 0.875 bits per heavy atom. The van der Waals surface area contributed by atoms with E-state index in [1.165, 1.54) is 0 Å². The largest absolute Gasteiger partial charge is 0.458 e. The molecular weight excluding hydrogens is 222 g/mol. The molecule has 88 valence electrons. The Bertz CT molecular complexity index is 278. The van der Waals surface area contributed by atoms with E-state index >= 15 is 0 Å². The van der Waals surface area contributed by atoms with Crippen LogP contribution in [0.5, 0.6) is 0 Å². The fourth-order valence-corrected chi connectivity index (χ4v) is 0.566. The van der Waals surface area contributed by atoms with E-state index in [9.17, 15) is 18.4 Å². The number of ether oxygens (including phenoxy) is 2. The highest BCUT2D eigenvalue weighted by molar-refractivity contribution is 5.91. The molecule has 0 radical (unpaired) electrons. The van der Waals surface area contributed by atoms with Crippen LogP contribution < -0.4 is 0 Å². The van der Waals surface area contributed by atoms with Crippen molar-refractivity contribution in [2.45, 2.75) is 0 Å². The van der Waals surface area contributed by atoms with E-state index < -0.39 is 11.9 Å². The Hall–Kier alpha value is -1.98. The predicted molar refractivity (Wildman–Crippen MR) is 51.6 cm³/mol. The summed E-state index contributed by atoms with van der Waals surface area (Å²) in [7, 11) is 0. The first-order chi connectivity index (χ1) is 7.70. The van der Waals surface area contributed by atoms with Gasteiger partial charge in [-0.25, -0.2) is 18.4 Å². The van der Waals surface area contributed by atoms with Gasteiger partial charge in [0.2, 0.25) is 0 Å². The van der Waals surface area contributed by atoms with Crippen molar-refractivity contribution in [1.29, 1.82) is 0 Å². The van der Waals surface area contributed by atoms with Crippen molar-refractivity contribution in [2.24, 2.45) is 0 Å². The van der Waals surface area contributed by atoms with Crippen LogP contribution in [0, 0.1) is 0 Å². The molecule has 6 heteroatoms. The minimum absolute atomic E-state index is 0.223. The maximum atomic E-state index is 11.4. The van der Waals surface area contributed by atoms with Crippen LogP contribution in [0.15, 0.2) is 37.0 Å². The van der Waals surface area contributed by atoms with Crippen molar-refractivity contribution in [1.82, 2.24) is 0 Å². The van der Waals surface area contributed by atoms with Gasteiger partial charge in [0, 0.05) is 12.2 Å². The summed E-state index contributed by atoms with van der Waals surface area (Å²) in [6, 6.07) is 0. The van der Waals surface area contributed by atoms with E-state index in [0.29, 0.717) is 0 Å². The molecule has 0 aliphatic carbocycles.